The van der Waals surface area contributed by atoms with Gasteiger partial charge in [0.1, 0.15) is 5.75 Å². The lowest BCUT2D eigenvalue weighted by Gasteiger charge is -2.31. The smallest absolute Gasteiger partial charge is 0.254 e. The molecule has 0 saturated carbocycles. The van der Waals surface area contributed by atoms with Crippen molar-refractivity contribution in [2.24, 2.45) is 0 Å². The molecule has 6 heteroatoms. The maximum Gasteiger partial charge on any atom is 0.254 e. The molecule has 3 aliphatic heterocycles. The summed E-state index contributed by atoms with van der Waals surface area (Å²) in [5.41, 5.74) is 1.88. The van der Waals surface area contributed by atoms with Crippen LogP contribution in [0.2, 0.25) is 0 Å². The minimum Gasteiger partial charge on any atom is -0.496 e. The molecule has 1 spiro atoms. The molecule has 6 nitrogen and oxygen atoms in total. The van der Waals surface area contributed by atoms with Crippen LogP contribution in [0.1, 0.15) is 23.2 Å². The number of carbonyl (C=O) groups excluding carboxylic acids is 2. The van der Waals surface area contributed by atoms with Gasteiger partial charge in [-0.05, 0) is 23.8 Å². The molecule has 28 heavy (non-hydrogen) atoms. The number of hydrogen-bond acceptors (Lipinski definition) is 4. The molecular formula is C22H22N2O4. The summed E-state index contributed by atoms with van der Waals surface area (Å²) < 4.78 is 11.5. The third kappa shape index (κ3) is 2.37. The van der Waals surface area contributed by atoms with E-state index in [1.807, 2.05) is 58.3 Å². The van der Waals surface area contributed by atoms with E-state index in [-0.39, 0.29) is 17.9 Å². The molecule has 144 valence electrons. The van der Waals surface area contributed by atoms with Crippen molar-refractivity contribution in [2.45, 2.75) is 24.6 Å². The third-order valence-corrected chi connectivity index (χ3v) is 6.19. The van der Waals surface area contributed by atoms with Crippen LogP contribution in [0.15, 0.2) is 48.5 Å². The number of ether oxygens (including phenoxy) is 2. The Bertz CT molecular complexity index is 959. The van der Waals surface area contributed by atoms with Gasteiger partial charge in [0.25, 0.3) is 5.91 Å². The van der Waals surface area contributed by atoms with Crippen molar-refractivity contribution in [1.29, 1.82) is 0 Å². The van der Waals surface area contributed by atoms with Gasteiger partial charge in [-0.15, -0.1) is 0 Å². The maximum atomic E-state index is 13.3. The minimum absolute atomic E-state index is 0.0521. The van der Waals surface area contributed by atoms with Crippen molar-refractivity contribution in [3.8, 4) is 16.9 Å². The SMILES string of the molecule is COc1ccccc1-c1cccc(C(=O)N2CC[C@@]34OCCN3C(=O)C[C@@H]24)c1. The van der Waals surface area contributed by atoms with E-state index in [0.29, 0.717) is 38.1 Å². The molecule has 3 saturated heterocycles. The van der Waals surface area contributed by atoms with Crippen LogP contribution in [0, 0.1) is 0 Å². The molecule has 2 atom stereocenters. The quantitative estimate of drug-likeness (QED) is 0.824. The number of para-hydroxylation sites is 1. The van der Waals surface area contributed by atoms with E-state index >= 15 is 0 Å². The van der Waals surface area contributed by atoms with E-state index in [1.165, 1.54) is 0 Å². The number of rotatable bonds is 3. The standard InChI is InChI=1S/C22H22N2O4/c1-27-18-8-3-2-7-17(18)15-5-4-6-16(13-15)21(26)23-10-9-22-19(23)14-20(25)24(22)11-12-28-22/h2-8,13,19H,9-12,14H2,1H3/t19-,22+/m1/s1. The van der Waals surface area contributed by atoms with Crippen LogP contribution in [0.5, 0.6) is 5.75 Å². The lowest BCUT2D eigenvalue weighted by Crippen LogP contribution is -2.48. The van der Waals surface area contributed by atoms with E-state index in [4.69, 9.17) is 9.47 Å². The van der Waals surface area contributed by atoms with Gasteiger partial charge in [0.15, 0.2) is 5.72 Å². The lowest BCUT2D eigenvalue weighted by molar-refractivity contribution is -0.136. The van der Waals surface area contributed by atoms with Gasteiger partial charge in [-0.2, -0.15) is 0 Å². The number of amides is 2. The summed E-state index contributed by atoms with van der Waals surface area (Å²) in [5, 5.41) is 0. The molecule has 0 bridgehead atoms. The fourth-order valence-corrected chi connectivity index (χ4v) is 4.90. The Morgan fingerprint density at radius 2 is 2.04 bits per heavy atom. The second kappa shape index (κ2) is 6.34. The number of hydrogen-bond donors (Lipinski definition) is 0. The molecule has 0 unspecified atom stereocenters. The van der Waals surface area contributed by atoms with Crippen molar-refractivity contribution < 1.29 is 19.1 Å². The average Bonchev–Trinajstić information content (AvgIpc) is 3.38. The van der Waals surface area contributed by atoms with Crippen LogP contribution >= 0.6 is 0 Å². The molecule has 3 aliphatic rings. The molecule has 0 N–H and O–H groups in total. The van der Waals surface area contributed by atoms with Crippen molar-refractivity contribution >= 4 is 11.8 Å². The Morgan fingerprint density at radius 3 is 2.89 bits per heavy atom. The fraction of sp³-hybridized carbons (Fsp3) is 0.364. The van der Waals surface area contributed by atoms with Gasteiger partial charge in [0, 0.05) is 30.6 Å². The summed E-state index contributed by atoms with van der Waals surface area (Å²) in [6.07, 6.45) is 1.03. The zero-order valence-electron chi connectivity index (χ0n) is 15.8. The van der Waals surface area contributed by atoms with Crippen molar-refractivity contribution in [3.63, 3.8) is 0 Å². The Morgan fingerprint density at radius 1 is 1.18 bits per heavy atom. The summed E-state index contributed by atoms with van der Waals surface area (Å²) in [5.74, 6) is 0.801. The zero-order chi connectivity index (χ0) is 19.3. The first-order valence-corrected chi connectivity index (χ1v) is 9.63. The van der Waals surface area contributed by atoms with Gasteiger partial charge in [0.05, 0.1) is 26.2 Å². The molecule has 3 fully saturated rings. The van der Waals surface area contributed by atoms with E-state index in [1.54, 1.807) is 7.11 Å². The summed E-state index contributed by atoms with van der Waals surface area (Å²) in [6, 6.07) is 15.1. The fourth-order valence-electron chi connectivity index (χ4n) is 4.90. The Hall–Kier alpha value is -2.86. The highest BCUT2D eigenvalue weighted by Gasteiger charge is 2.62. The first kappa shape index (κ1) is 17.3. The van der Waals surface area contributed by atoms with Crippen LogP contribution in [0.4, 0.5) is 0 Å². The van der Waals surface area contributed by atoms with Crippen LogP contribution in [0.3, 0.4) is 0 Å². The average molecular weight is 378 g/mol. The van der Waals surface area contributed by atoms with Crippen molar-refractivity contribution in [2.75, 3.05) is 26.8 Å². The summed E-state index contributed by atoms with van der Waals surface area (Å²) in [6.45, 7) is 1.78. The second-order valence-corrected chi connectivity index (χ2v) is 7.49. The molecule has 3 heterocycles. The molecule has 2 aromatic rings. The Balaban J connectivity index is 1.46. The highest BCUT2D eigenvalue weighted by Crippen LogP contribution is 2.46. The van der Waals surface area contributed by atoms with Crippen LogP contribution in [0.25, 0.3) is 11.1 Å². The van der Waals surface area contributed by atoms with Crippen LogP contribution in [-0.2, 0) is 9.53 Å². The molecule has 0 aromatic heterocycles. The first-order valence-electron chi connectivity index (χ1n) is 9.63. The molecule has 0 aliphatic carbocycles. The zero-order valence-corrected chi connectivity index (χ0v) is 15.8. The topological polar surface area (TPSA) is 59.1 Å². The highest BCUT2D eigenvalue weighted by atomic mass is 16.5. The van der Waals surface area contributed by atoms with E-state index in [0.717, 1.165) is 16.9 Å². The monoisotopic (exact) mass is 378 g/mol. The number of likely N-dealkylation sites (tertiary alicyclic amines) is 1. The number of carbonyl (C=O) groups is 2. The summed E-state index contributed by atoms with van der Waals surface area (Å²) >= 11 is 0. The highest BCUT2D eigenvalue weighted by molar-refractivity contribution is 5.97. The molecular weight excluding hydrogens is 356 g/mol. The minimum atomic E-state index is -0.604. The number of methoxy groups -OCH3 is 1. The predicted octanol–water partition coefficient (Wildman–Crippen LogP) is 2.54. The van der Waals surface area contributed by atoms with Crippen LogP contribution < -0.4 is 4.74 Å². The van der Waals surface area contributed by atoms with Gasteiger partial charge in [-0.1, -0.05) is 30.3 Å². The van der Waals surface area contributed by atoms with Crippen molar-refractivity contribution in [1.82, 2.24) is 9.80 Å². The van der Waals surface area contributed by atoms with Gasteiger partial charge in [-0.3, -0.25) is 9.59 Å². The predicted molar refractivity (Wildman–Crippen MR) is 103 cm³/mol. The van der Waals surface area contributed by atoms with Gasteiger partial charge < -0.3 is 19.3 Å². The van der Waals surface area contributed by atoms with Gasteiger partial charge in [-0.25, -0.2) is 0 Å². The normalized spacial score (nSPS) is 25.8. The first-order chi connectivity index (χ1) is 13.6. The molecule has 5 rings (SSSR count). The summed E-state index contributed by atoms with van der Waals surface area (Å²) in [4.78, 5) is 29.4. The van der Waals surface area contributed by atoms with E-state index in [2.05, 4.69) is 0 Å². The molecule has 0 radical (unpaired) electrons. The van der Waals surface area contributed by atoms with Crippen LogP contribution in [-0.4, -0.2) is 60.2 Å². The van der Waals surface area contributed by atoms with Gasteiger partial charge in [0.2, 0.25) is 5.91 Å². The van der Waals surface area contributed by atoms with E-state index < -0.39 is 5.72 Å². The molecule has 2 amide bonds. The number of nitrogens with zero attached hydrogens (tertiary/aromatic N) is 2. The summed E-state index contributed by atoms with van der Waals surface area (Å²) in [7, 11) is 1.64. The Kier molecular flexibility index (Phi) is 3.91. The maximum absolute atomic E-state index is 13.3. The van der Waals surface area contributed by atoms with Crippen molar-refractivity contribution in [3.05, 3.63) is 54.1 Å². The lowest BCUT2D eigenvalue weighted by atomic mass is 10.0. The largest absolute Gasteiger partial charge is 0.496 e. The van der Waals surface area contributed by atoms with E-state index in [9.17, 15) is 9.59 Å². The van der Waals surface area contributed by atoms with Gasteiger partial charge >= 0.3 is 0 Å². The molecule has 2 aromatic carbocycles. The number of benzene rings is 2. The third-order valence-electron chi connectivity index (χ3n) is 6.19. The second-order valence-electron chi connectivity index (χ2n) is 7.49. The Labute approximate surface area is 163 Å².